The van der Waals surface area contributed by atoms with Crippen LogP contribution >= 0.6 is 0 Å². The van der Waals surface area contributed by atoms with Crippen LogP contribution in [0, 0.1) is 5.82 Å². The first-order valence-electron chi connectivity index (χ1n) is 5.87. The van der Waals surface area contributed by atoms with Crippen LogP contribution in [0.15, 0.2) is 18.2 Å². The van der Waals surface area contributed by atoms with E-state index >= 15 is 0 Å². The van der Waals surface area contributed by atoms with Crippen LogP contribution in [0.3, 0.4) is 0 Å². The average molecular weight is 239 g/mol. The summed E-state index contributed by atoms with van der Waals surface area (Å²) in [5, 5.41) is 8.88. The molecule has 1 aromatic rings. The molecule has 0 saturated heterocycles. The first kappa shape index (κ1) is 13.5. The molecule has 1 rings (SSSR count). The number of hydrogen-bond acceptors (Lipinski definition) is 2. The summed E-state index contributed by atoms with van der Waals surface area (Å²) in [5.41, 5.74) is 0.633. The maximum absolute atomic E-state index is 13.3. The number of halogens is 1. The fraction of sp³-hybridized carbons (Fsp3) is 0.462. The summed E-state index contributed by atoms with van der Waals surface area (Å²) in [6.07, 6.45) is 2.06. The van der Waals surface area contributed by atoms with Crippen molar-refractivity contribution in [2.24, 2.45) is 0 Å². The molecule has 4 heteroatoms. The van der Waals surface area contributed by atoms with E-state index in [0.717, 1.165) is 32.0 Å². The highest BCUT2D eigenvalue weighted by molar-refractivity contribution is 5.88. The minimum atomic E-state index is -1.10. The Morgan fingerprint density at radius 3 is 2.59 bits per heavy atom. The normalized spacial score (nSPS) is 10.3. The molecule has 0 radical (unpaired) electrons. The molecule has 0 saturated carbocycles. The summed E-state index contributed by atoms with van der Waals surface area (Å²) in [4.78, 5) is 12.8. The summed E-state index contributed by atoms with van der Waals surface area (Å²) >= 11 is 0. The highest BCUT2D eigenvalue weighted by Gasteiger charge is 2.10. The van der Waals surface area contributed by atoms with Crippen LogP contribution in [0.5, 0.6) is 0 Å². The van der Waals surface area contributed by atoms with E-state index < -0.39 is 11.8 Å². The molecule has 0 aromatic heterocycles. The zero-order valence-electron chi connectivity index (χ0n) is 10.2. The van der Waals surface area contributed by atoms with Crippen molar-refractivity contribution in [3.8, 4) is 0 Å². The molecule has 0 aliphatic rings. The number of aromatic carboxylic acids is 1. The van der Waals surface area contributed by atoms with Gasteiger partial charge in [0.1, 0.15) is 5.82 Å². The highest BCUT2D eigenvalue weighted by Crippen LogP contribution is 2.19. The van der Waals surface area contributed by atoms with E-state index in [1.54, 1.807) is 0 Å². The SMILES string of the molecule is CCCCN(CC)c1cc(F)cc(C(=O)O)c1. The lowest BCUT2D eigenvalue weighted by molar-refractivity contribution is 0.0696. The largest absolute Gasteiger partial charge is 0.478 e. The number of carboxylic acid groups (broad SMARTS) is 1. The molecule has 0 atom stereocenters. The minimum absolute atomic E-state index is 0.00468. The van der Waals surface area contributed by atoms with E-state index in [1.807, 2.05) is 11.8 Å². The van der Waals surface area contributed by atoms with Gasteiger partial charge in [0.15, 0.2) is 0 Å². The van der Waals surface area contributed by atoms with Gasteiger partial charge in [-0.2, -0.15) is 0 Å². The van der Waals surface area contributed by atoms with Crippen LogP contribution in [0.25, 0.3) is 0 Å². The highest BCUT2D eigenvalue weighted by atomic mass is 19.1. The van der Waals surface area contributed by atoms with Crippen molar-refractivity contribution in [3.63, 3.8) is 0 Å². The molecule has 1 aromatic carbocycles. The first-order valence-corrected chi connectivity index (χ1v) is 5.87. The predicted octanol–water partition coefficient (Wildman–Crippen LogP) is 3.15. The van der Waals surface area contributed by atoms with Crippen LogP contribution in [-0.2, 0) is 0 Å². The molecule has 0 aliphatic carbocycles. The molecule has 0 bridgehead atoms. The van der Waals surface area contributed by atoms with E-state index in [9.17, 15) is 9.18 Å². The molecule has 0 heterocycles. The van der Waals surface area contributed by atoms with Gasteiger partial charge in [0, 0.05) is 18.8 Å². The lowest BCUT2D eigenvalue weighted by Crippen LogP contribution is -2.24. The Balaban J connectivity index is 2.98. The minimum Gasteiger partial charge on any atom is -0.478 e. The van der Waals surface area contributed by atoms with Crippen molar-refractivity contribution in [3.05, 3.63) is 29.6 Å². The molecular formula is C13H18FNO2. The maximum atomic E-state index is 13.3. The number of hydrogen-bond donors (Lipinski definition) is 1. The molecule has 3 nitrogen and oxygen atoms in total. The van der Waals surface area contributed by atoms with Crippen LogP contribution < -0.4 is 4.90 Å². The second kappa shape index (κ2) is 6.23. The van der Waals surface area contributed by atoms with Crippen LogP contribution in [0.2, 0.25) is 0 Å². The Morgan fingerprint density at radius 2 is 2.06 bits per heavy atom. The molecule has 17 heavy (non-hydrogen) atoms. The number of rotatable bonds is 6. The summed E-state index contributed by atoms with van der Waals surface area (Å²) in [7, 11) is 0. The van der Waals surface area contributed by atoms with E-state index in [4.69, 9.17) is 5.11 Å². The van der Waals surface area contributed by atoms with Gasteiger partial charge >= 0.3 is 5.97 Å². The maximum Gasteiger partial charge on any atom is 0.335 e. The number of carbonyl (C=O) groups is 1. The second-order valence-corrected chi connectivity index (χ2v) is 3.94. The second-order valence-electron chi connectivity index (χ2n) is 3.94. The molecule has 0 spiro atoms. The third kappa shape index (κ3) is 3.73. The van der Waals surface area contributed by atoms with Gasteiger partial charge < -0.3 is 10.0 Å². The zero-order valence-corrected chi connectivity index (χ0v) is 10.2. The topological polar surface area (TPSA) is 40.5 Å². The van der Waals surface area contributed by atoms with Crippen molar-refractivity contribution >= 4 is 11.7 Å². The Kier molecular flexibility index (Phi) is 4.94. The number of nitrogens with zero attached hydrogens (tertiary/aromatic N) is 1. The fourth-order valence-electron chi connectivity index (χ4n) is 1.70. The van der Waals surface area contributed by atoms with Crippen LogP contribution in [0.4, 0.5) is 10.1 Å². The van der Waals surface area contributed by atoms with E-state index in [1.165, 1.54) is 12.1 Å². The van der Waals surface area contributed by atoms with Crippen molar-refractivity contribution < 1.29 is 14.3 Å². The van der Waals surface area contributed by atoms with Gasteiger partial charge in [-0.3, -0.25) is 0 Å². The van der Waals surface area contributed by atoms with Crippen LogP contribution in [-0.4, -0.2) is 24.2 Å². The fourth-order valence-corrected chi connectivity index (χ4v) is 1.70. The van der Waals surface area contributed by atoms with Crippen molar-refractivity contribution in [1.82, 2.24) is 0 Å². The van der Waals surface area contributed by atoms with E-state index in [2.05, 4.69) is 6.92 Å². The zero-order chi connectivity index (χ0) is 12.8. The number of anilines is 1. The summed E-state index contributed by atoms with van der Waals surface area (Å²) in [5.74, 6) is -1.60. The Labute approximate surface area is 101 Å². The van der Waals surface area contributed by atoms with Crippen molar-refractivity contribution in [2.45, 2.75) is 26.7 Å². The Hall–Kier alpha value is -1.58. The molecule has 94 valence electrons. The number of carboxylic acids is 1. The van der Waals surface area contributed by atoms with Gasteiger partial charge in [0.05, 0.1) is 5.56 Å². The van der Waals surface area contributed by atoms with E-state index in [-0.39, 0.29) is 5.56 Å². The first-order chi connectivity index (χ1) is 8.08. The molecule has 0 fully saturated rings. The third-order valence-corrected chi connectivity index (χ3v) is 2.66. The lowest BCUT2D eigenvalue weighted by Gasteiger charge is -2.23. The average Bonchev–Trinajstić information content (AvgIpc) is 2.29. The van der Waals surface area contributed by atoms with Gasteiger partial charge in [-0.15, -0.1) is 0 Å². The molecular weight excluding hydrogens is 221 g/mol. The van der Waals surface area contributed by atoms with E-state index in [0.29, 0.717) is 5.69 Å². The predicted molar refractivity (Wildman–Crippen MR) is 66.2 cm³/mol. The van der Waals surface area contributed by atoms with Crippen molar-refractivity contribution in [2.75, 3.05) is 18.0 Å². The molecule has 0 amide bonds. The molecule has 0 aliphatic heterocycles. The monoisotopic (exact) mass is 239 g/mol. The number of unbranched alkanes of at least 4 members (excludes halogenated alkanes) is 1. The number of benzene rings is 1. The van der Waals surface area contributed by atoms with Gasteiger partial charge in [-0.05, 0) is 31.5 Å². The lowest BCUT2D eigenvalue weighted by atomic mass is 10.1. The van der Waals surface area contributed by atoms with Gasteiger partial charge in [-0.1, -0.05) is 13.3 Å². The Bertz CT molecular complexity index is 393. The summed E-state index contributed by atoms with van der Waals surface area (Å²) in [6, 6.07) is 3.94. The molecule has 0 unspecified atom stereocenters. The smallest absolute Gasteiger partial charge is 0.335 e. The Morgan fingerprint density at radius 1 is 1.35 bits per heavy atom. The quantitative estimate of drug-likeness (QED) is 0.829. The van der Waals surface area contributed by atoms with Crippen molar-refractivity contribution in [1.29, 1.82) is 0 Å². The molecule has 1 N–H and O–H groups in total. The summed E-state index contributed by atoms with van der Waals surface area (Å²) in [6.45, 7) is 5.61. The van der Waals surface area contributed by atoms with Crippen LogP contribution in [0.1, 0.15) is 37.0 Å². The van der Waals surface area contributed by atoms with Gasteiger partial charge in [-0.25, -0.2) is 9.18 Å². The standard InChI is InChI=1S/C13H18FNO2/c1-3-5-6-15(4-2)12-8-10(13(16)17)7-11(14)9-12/h7-9H,3-6H2,1-2H3,(H,16,17). The van der Waals surface area contributed by atoms with Gasteiger partial charge in [0.2, 0.25) is 0 Å². The summed E-state index contributed by atoms with van der Waals surface area (Å²) < 4.78 is 13.3. The third-order valence-electron chi connectivity index (χ3n) is 2.66. The van der Waals surface area contributed by atoms with Gasteiger partial charge in [0.25, 0.3) is 0 Å².